The maximum atomic E-state index is 10.4. The van der Waals surface area contributed by atoms with Crippen molar-refractivity contribution in [2.24, 2.45) is 5.73 Å². The van der Waals surface area contributed by atoms with Crippen LogP contribution in [0, 0.1) is 6.92 Å². The van der Waals surface area contributed by atoms with E-state index < -0.39 is 10.1 Å². The van der Waals surface area contributed by atoms with Crippen LogP contribution in [0.15, 0.2) is 29.2 Å². The highest BCUT2D eigenvalue weighted by Crippen LogP contribution is 2.08. The molecule has 1 heterocycles. The second-order valence-corrected chi connectivity index (χ2v) is 6.40. The molecule has 1 aliphatic heterocycles. The molecule has 120 valence electrons. The van der Waals surface area contributed by atoms with E-state index in [2.05, 4.69) is 0 Å². The number of hydrogen-bond donors (Lipinski definition) is 2. The lowest BCUT2D eigenvalue weighted by Gasteiger charge is -2.23. The minimum Gasteiger partial charge on any atom is -0.744 e. The molecule has 0 aliphatic carbocycles. The Morgan fingerprint density at radius 2 is 1.81 bits per heavy atom. The van der Waals surface area contributed by atoms with E-state index in [1.54, 1.807) is 17.0 Å². The predicted molar refractivity (Wildman–Crippen MR) is 79.2 cm³/mol. The Morgan fingerprint density at radius 3 is 2.29 bits per heavy atom. The lowest BCUT2D eigenvalue weighted by molar-refractivity contribution is -0.908. The van der Waals surface area contributed by atoms with Crippen LogP contribution in [-0.2, 0) is 14.9 Å². The number of benzene rings is 1. The van der Waals surface area contributed by atoms with E-state index in [9.17, 15) is 13.0 Å². The van der Waals surface area contributed by atoms with Gasteiger partial charge in [0.05, 0.1) is 24.7 Å². The Hall–Kier alpha value is -0.990. The van der Waals surface area contributed by atoms with Crippen LogP contribution in [0.5, 0.6) is 0 Å². The summed E-state index contributed by atoms with van der Waals surface area (Å²) in [6.45, 7) is 8.06. The van der Waals surface area contributed by atoms with Crippen LogP contribution in [0.1, 0.15) is 12.0 Å². The molecule has 0 spiro atoms. The molecule has 0 saturated carbocycles. The fourth-order valence-electron chi connectivity index (χ4n) is 1.97. The monoisotopic (exact) mass is 316 g/mol. The van der Waals surface area contributed by atoms with Crippen LogP contribution in [0.2, 0.25) is 0 Å². The molecule has 0 atom stereocenters. The van der Waals surface area contributed by atoms with Crippen molar-refractivity contribution in [3.63, 3.8) is 0 Å². The van der Waals surface area contributed by atoms with Crippen molar-refractivity contribution >= 4 is 10.1 Å². The molecule has 0 unspecified atom stereocenters. The van der Waals surface area contributed by atoms with E-state index in [-0.39, 0.29) is 4.90 Å². The maximum Gasteiger partial charge on any atom is 0.124 e. The summed E-state index contributed by atoms with van der Waals surface area (Å²) >= 11 is 0. The molecule has 1 aliphatic rings. The molecule has 6 nitrogen and oxygen atoms in total. The molecule has 21 heavy (non-hydrogen) atoms. The van der Waals surface area contributed by atoms with Gasteiger partial charge >= 0.3 is 0 Å². The third kappa shape index (κ3) is 7.54. The molecule has 1 saturated heterocycles. The van der Waals surface area contributed by atoms with E-state index in [1.165, 1.54) is 31.8 Å². The summed E-state index contributed by atoms with van der Waals surface area (Å²) < 4.78 is 36.4. The summed E-state index contributed by atoms with van der Waals surface area (Å²) in [7, 11) is -4.27. The molecule has 3 N–H and O–H groups in total. The van der Waals surface area contributed by atoms with E-state index >= 15 is 0 Å². The Kier molecular flexibility index (Phi) is 7.84. The van der Waals surface area contributed by atoms with Crippen LogP contribution in [-0.4, -0.2) is 52.4 Å². The third-order valence-corrected chi connectivity index (χ3v) is 4.09. The van der Waals surface area contributed by atoms with E-state index in [0.717, 1.165) is 31.7 Å². The summed E-state index contributed by atoms with van der Waals surface area (Å²) in [5.41, 5.74) is 6.33. The smallest absolute Gasteiger partial charge is 0.124 e. The molecule has 7 heteroatoms. The first kappa shape index (κ1) is 18.1. The van der Waals surface area contributed by atoms with Gasteiger partial charge in [0.15, 0.2) is 0 Å². The van der Waals surface area contributed by atoms with Crippen LogP contribution < -0.4 is 10.6 Å². The van der Waals surface area contributed by atoms with Gasteiger partial charge in [-0.25, -0.2) is 8.42 Å². The van der Waals surface area contributed by atoms with Gasteiger partial charge in [0, 0.05) is 6.42 Å². The van der Waals surface area contributed by atoms with Gasteiger partial charge in [-0.05, 0) is 25.6 Å². The zero-order chi connectivity index (χ0) is 15.7. The second-order valence-electron chi connectivity index (χ2n) is 5.02. The van der Waals surface area contributed by atoms with Crippen LogP contribution in [0.3, 0.4) is 0 Å². The number of aryl methyl sites for hydroxylation is 1. The standard InChI is InChI=1S/C7H16N2O.C7H8O3S/c8-2-1-3-9-4-6-10-7-5-9;1-6-2-4-7(5-3-6)11(8,9)10/h1-8H2;2-5H,1H3,(H,8,9,10). The van der Waals surface area contributed by atoms with Gasteiger partial charge < -0.3 is 19.9 Å². The molecular weight excluding hydrogens is 292 g/mol. The lowest BCUT2D eigenvalue weighted by Crippen LogP contribution is -3.14. The SMILES string of the molecule is Cc1ccc(S(=O)(=O)[O-])cc1.NCCC[NH+]1CCOCC1. The van der Waals surface area contributed by atoms with Gasteiger partial charge in [0.2, 0.25) is 0 Å². The fraction of sp³-hybridized carbons (Fsp3) is 0.571. The Balaban J connectivity index is 0.000000211. The number of nitrogens with one attached hydrogen (secondary N) is 1. The quantitative estimate of drug-likeness (QED) is 0.705. The summed E-state index contributed by atoms with van der Waals surface area (Å²) in [6, 6.07) is 5.78. The normalized spacial score (nSPS) is 16.1. The molecule has 1 fully saturated rings. The van der Waals surface area contributed by atoms with Gasteiger partial charge in [-0.1, -0.05) is 17.7 Å². The number of hydrogen-bond acceptors (Lipinski definition) is 5. The fourth-order valence-corrected chi connectivity index (χ4v) is 2.44. The third-order valence-electron chi connectivity index (χ3n) is 3.24. The lowest BCUT2D eigenvalue weighted by atomic mass is 10.2. The number of morpholine rings is 1. The number of ether oxygens (including phenoxy) is 1. The van der Waals surface area contributed by atoms with Crippen LogP contribution in [0.25, 0.3) is 0 Å². The maximum absolute atomic E-state index is 10.4. The zero-order valence-electron chi connectivity index (χ0n) is 12.4. The topological polar surface area (TPSA) is 96.9 Å². The van der Waals surface area contributed by atoms with Crippen molar-refractivity contribution in [2.45, 2.75) is 18.2 Å². The average Bonchev–Trinajstić information content (AvgIpc) is 2.46. The summed E-state index contributed by atoms with van der Waals surface area (Å²) in [6.07, 6.45) is 1.15. The highest BCUT2D eigenvalue weighted by Gasteiger charge is 2.11. The first-order valence-corrected chi connectivity index (χ1v) is 8.48. The van der Waals surface area contributed by atoms with Crippen molar-refractivity contribution < 1.29 is 22.6 Å². The van der Waals surface area contributed by atoms with Crippen molar-refractivity contribution in [2.75, 3.05) is 39.4 Å². The van der Waals surface area contributed by atoms with Crippen molar-refractivity contribution in [3.05, 3.63) is 29.8 Å². The Labute approximate surface area is 126 Å². The van der Waals surface area contributed by atoms with Gasteiger partial charge in [0.1, 0.15) is 23.2 Å². The number of nitrogens with two attached hydrogens (primary N) is 1. The Bertz CT molecular complexity index is 496. The van der Waals surface area contributed by atoms with Crippen molar-refractivity contribution in [1.82, 2.24) is 0 Å². The van der Waals surface area contributed by atoms with E-state index in [4.69, 9.17) is 10.5 Å². The first-order valence-electron chi connectivity index (χ1n) is 7.07. The molecule has 0 radical (unpaired) electrons. The van der Waals surface area contributed by atoms with Gasteiger partial charge in [-0.3, -0.25) is 0 Å². The minimum absolute atomic E-state index is 0.178. The summed E-state index contributed by atoms with van der Waals surface area (Å²) in [5.74, 6) is 0. The number of rotatable bonds is 4. The molecule has 1 aromatic rings. The molecule has 0 aromatic heterocycles. The molecule has 2 rings (SSSR count). The second kappa shape index (κ2) is 9.11. The van der Waals surface area contributed by atoms with Gasteiger partial charge in [-0.2, -0.15) is 0 Å². The minimum atomic E-state index is -4.27. The summed E-state index contributed by atoms with van der Waals surface area (Å²) in [4.78, 5) is 1.47. The zero-order valence-corrected chi connectivity index (χ0v) is 13.2. The highest BCUT2D eigenvalue weighted by molar-refractivity contribution is 7.85. The average molecular weight is 316 g/mol. The molecular formula is C14H24N2O4S. The van der Waals surface area contributed by atoms with Crippen LogP contribution >= 0.6 is 0 Å². The Morgan fingerprint density at radius 1 is 1.24 bits per heavy atom. The molecule has 0 bridgehead atoms. The van der Waals surface area contributed by atoms with Crippen molar-refractivity contribution in [3.8, 4) is 0 Å². The first-order chi connectivity index (χ1) is 9.93. The highest BCUT2D eigenvalue weighted by atomic mass is 32.2. The van der Waals surface area contributed by atoms with E-state index in [0.29, 0.717) is 0 Å². The van der Waals surface area contributed by atoms with E-state index in [1.807, 2.05) is 6.92 Å². The van der Waals surface area contributed by atoms with Gasteiger partial charge in [-0.15, -0.1) is 0 Å². The molecule has 1 aromatic carbocycles. The predicted octanol–water partition coefficient (Wildman–Crippen LogP) is -0.851. The largest absolute Gasteiger partial charge is 0.744 e. The van der Waals surface area contributed by atoms with Crippen LogP contribution in [0.4, 0.5) is 0 Å². The number of quaternary nitrogens is 1. The summed E-state index contributed by atoms with van der Waals surface area (Å²) in [5, 5.41) is 0. The van der Waals surface area contributed by atoms with Gasteiger partial charge in [0.25, 0.3) is 0 Å². The van der Waals surface area contributed by atoms with Crippen molar-refractivity contribution in [1.29, 1.82) is 0 Å². The molecule has 0 amide bonds.